The Labute approximate surface area is 544 Å². The Bertz CT molecular complexity index is 3290. The maximum Gasteiger partial charge on any atom is 0.0459 e. The van der Waals surface area contributed by atoms with Crippen LogP contribution >= 0.6 is 39.1 Å². The van der Waals surface area contributed by atoms with Crippen molar-refractivity contribution in [2.75, 3.05) is 0 Å². The summed E-state index contributed by atoms with van der Waals surface area (Å²) in [4.78, 5) is 7.02. The van der Waals surface area contributed by atoms with Gasteiger partial charge in [-0.25, -0.2) is 0 Å². The van der Waals surface area contributed by atoms with E-state index in [0.717, 1.165) is 60.6 Å². The van der Waals surface area contributed by atoms with Gasteiger partial charge >= 0.3 is 0 Å². The van der Waals surface area contributed by atoms with Crippen molar-refractivity contribution >= 4 is 60.9 Å². The zero-order chi connectivity index (χ0) is 64.8. The first kappa shape index (κ1) is 73.9. The number of rotatable bonds is 7. The largest absolute Gasteiger partial charge is 0.358 e. The van der Waals surface area contributed by atoms with Gasteiger partial charge in [0.15, 0.2) is 0 Å². The average Bonchev–Trinajstić information content (AvgIpc) is 1.90. The number of aromatic amines is 2. The van der Waals surface area contributed by atoms with Crippen molar-refractivity contribution in [1.29, 1.82) is 0 Å². The number of aromatic nitrogens is 2. The van der Waals surface area contributed by atoms with E-state index in [0.29, 0.717) is 32.5 Å². The lowest BCUT2D eigenvalue weighted by atomic mass is 9.87. The van der Waals surface area contributed by atoms with Gasteiger partial charge in [-0.15, -0.1) is 0 Å². The molecule has 6 aromatic carbocycles. The standard InChI is InChI=1S/C17H23N.C15H21N.C13H20.C12H17Br.2C12H17Cl/c1-17(2,3)11-12-8-9-16-14(10-12)13-6-4-5-7-15(13)18-16;1-10-11(2)16-14-7-6-12(8-13(10)14)9-15(3,4)5;1-5-11-6-8-12(9-7-11)10-13(2,3)4;1-9-7-10(5-6-11(9)13)8-12(2,3)4;1-9-5-10(7-11(13)6-9)8-12(2,3)4;1-9-5-6-10(7-11(9)13)8-12(2,3)4/h8-10,18H,4-7,11H2,1-3H3;6-8,16H,9H2,1-5H3;6-9H,5,10H2,1-4H3;3*5-7H,8H2,1-4H3. The minimum Gasteiger partial charge on any atom is -0.358 e. The predicted octanol–water partition coefficient (Wildman–Crippen LogP) is 25.7. The molecular weight excluding hydrogens is 1150 g/mol. The van der Waals surface area contributed by atoms with Crippen molar-refractivity contribution in [2.45, 2.75) is 237 Å². The van der Waals surface area contributed by atoms with Crippen LogP contribution in [-0.4, -0.2) is 9.97 Å². The molecule has 1 aliphatic carbocycles. The molecule has 5 heteroatoms. The van der Waals surface area contributed by atoms with E-state index in [-0.39, 0.29) is 0 Å². The van der Waals surface area contributed by atoms with Gasteiger partial charge in [0.05, 0.1) is 0 Å². The molecule has 2 aromatic heterocycles. The van der Waals surface area contributed by atoms with Gasteiger partial charge in [0, 0.05) is 47.7 Å². The van der Waals surface area contributed by atoms with Crippen LogP contribution in [0.15, 0.2) is 120 Å². The summed E-state index contributed by atoms with van der Waals surface area (Å²) in [7, 11) is 0. The van der Waals surface area contributed by atoms with Crippen LogP contribution in [0.2, 0.25) is 10.0 Å². The number of benzene rings is 6. The molecule has 0 bridgehead atoms. The third-order valence-electron chi connectivity index (χ3n) is 14.9. The zero-order valence-electron chi connectivity index (χ0n) is 58.4. The molecule has 0 spiro atoms. The van der Waals surface area contributed by atoms with Crippen LogP contribution in [0, 0.1) is 67.1 Å². The third-order valence-corrected chi connectivity index (χ3v) is 16.4. The van der Waals surface area contributed by atoms with Gasteiger partial charge in [0.2, 0.25) is 0 Å². The molecule has 0 amide bonds. The van der Waals surface area contributed by atoms with E-state index in [1.807, 2.05) is 13.0 Å². The molecule has 2 N–H and O–H groups in total. The van der Waals surface area contributed by atoms with Crippen LogP contribution in [0.1, 0.15) is 223 Å². The van der Waals surface area contributed by atoms with Crippen molar-refractivity contribution in [3.63, 3.8) is 0 Å². The molecule has 0 atom stereocenters. The molecule has 86 heavy (non-hydrogen) atoms. The first-order chi connectivity index (χ1) is 39.5. The number of nitrogens with one attached hydrogen (secondary N) is 2. The van der Waals surface area contributed by atoms with Gasteiger partial charge < -0.3 is 9.97 Å². The highest BCUT2D eigenvalue weighted by Crippen LogP contribution is 2.33. The normalized spacial score (nSPS) is 12.7. The van der Waals surface area contributed by atoms with Crippen molar-refractivity contribution in [3.05, 3.63) is 208 Å². The van der Waals surface area contributed by atoms with E-state index in [4.69, 9.17) is 23.2 Å². The van der Waals surface area contributed by atoms with Gasteiger partial charge in [0.25, 0.3) is 0 Å². The fourth-order valence-electron chi connectivity index (χ4n) is 11.2. The quantitative estimate of drug-likeness (QED) is 0.159. The smallest absolute Gasteiger partial charge is 0.0459 e. The number of fused-ring (bicyclic) bond motifs is 4. The monoisotopic (exact) mass is 1260 g/mol. The minimum atomic E-state index is 0.330. The maximum absolute atomic E-state index is 6.04. The second kappa shape index (κ2) is 31.8. The molecule has 8 aromatic rings. The lowest BCUT2D eigenvalue weighted by Gasteiger charge is -2.18. The van der Waals surface area contributed by atoms with Crippen molar-refractivity contribution in [3.8, 4) is 0 Å². The number of aryl methyl sites for hydroxylation is 8. The average molecular weight is 1270 g/mol. The van der Waals surface area contributed by atoms with Crippen molar-refractivity contribution in [1.82, 2.24) is 9.97 Å². The maximum atomic E-state index is 6.04. The second-order valence-corrected chi connectivity index (χ2v) is 34.0. The van der Waals surface area contributed by atoms with Gasteiger partial charge in [-0.2, -0.15) is 0 Å². The van der Waals surface area contributed by atoms with Crippen LogP contribution in [0.4, 0.5) is 0 Å². The summed E-state index contributed by atoms with van der Waals surface area (Å²) in [5, 5.41) is 4.58. The number of H-pyrrole nitrogens is 2. The van der Waals surface area contributed by atoms with Crippen molar-refractivity contribution in [2.24, 2.45) is 32.5 Å². The third kappa shape index (κ3) is 27.9. The van der Waals surface area contributed by atoms with E-state index >= 15 is 0 Å². The van der Waals surface area contributed by atoms with Crippen LogP contribution < -0.4 is 0 Å². The first-order valence-corrected chi connectivity index (χ1v) is 33.6. The van der Waals surface area contributed by atoms with E-state index < -0.39 is 0 Å². The molecule has 0 aliphatic heterocycles. The lowest BCUT2D eigenvalue weighted by molar-refractivity contribution is 0.411. The summed E-state index contributed by atoms with van der Waals surface area (Å²) in [5.41, 5.74) is 24.1. The van der Waals surface area contributed by atoms with Crippen molar-refractivity contribution < 1.29 is 0 Å². The first-order valence-electron chi connectivity index (χ1n) is 32.1. The van der Waals surface area contributed by atoms with Gasteiger partial charge in [-0.1, -0.05) is 237 Å². The van der Waals surface area contributed by atoms with E-state index in [1.54, 1.807) is 5.56 Å². The Hall–Kier alpha value is -4.54. The molecule has 1 aliphatic rings. The predicted molar refractivity (Wildman–Crippen MR) is 389 cm³/mol. The summed E-state index contributed by atoms with van der Waals surface area (Å²) in [6.45, 7) is 53.6. The molecule has 0 unspecified atom stereocenters. The van der Waals surface area contributed by atoms with Crippen LogP contribution in [0.25, 0.3) is 21.8 Å². The Morgan fingerprint density at radius 1 is 0.395 bits per heavy atom. The summed E-state index contributed by atoms with van der Waals surface area (Å²) >= 11 is 15.5. The highest BCUT2D eigenvalue weighted by Gasteiger charge is 2.19. The number of halogens is 3. The van der Waals surface area contributed by atoms with Gasteiger partial charge in [0.1, 0.15) is 0 Å². The highest BCUT2D eigenvalue weighted by molar-refractivity contribution is 9.10. The SMILES string of the molecule is CC(C)(C)Cc1ccc2[nH]c3c(c2c1)CCCC3.CCc1ccc(CC(C)(C)C)cc1.Cc1[nH]c2ccc(CC(C)(C)C)cc2c1C.Cc1cc(CC(C)(C)C)ccc1Br.Cc1cc(Cl)cc(CC(C)(C)C)c1.Cc1ccc(CC(C)(C)C)cc1Cl. The fraction of sp³-hybridized carbons (Fsp3) is 0.506. The second-order valence-electron chi connectivity index (χ2n) is 32.3. The highest BCUT2D eigenvalue weighted by atomic mass is 79.9. The van der Waals surface area contributed by atoms with Crippen LogP contribution in [0.3, 0.4) is 0 Å². The molecule has 0 radical (unpaired) electrons. The van der Waals surface area contributed by atoms with Gasteiger partial charge in [-0.3, -0.25) is 0 Å². The molecular formula is C81H115BrCl2N2. The zero-order valence-corrected chi connectivity index (χ0v) is 61.5. The Kier molecular flexibility index (Phi) is 27.3. The van der Waals surface area contributed by atoms with E-state index in [1.165, 1.54) is 119 Å². The summed E-state index contributed by atoms with van der Waals surface area (Å²) in [6, 6.07) is 41.9. The molecule has 0 saturated carbocycles. The topological polar surface area (TPSA) is 31.6 Å². The van der Waals surface area contributed by atoms with E-state index in [9.17, 15) is 0 Å². The Morgan fingerprint density at radius 3 is 1.28 bits per heavy atom. The molecule has 470 valence electrons. The molecule has 2 nitrogen and oxygen atoms in total. The summed E-state index contributed by atoms with van der Waals surface area (Å²) in [5.74, 6) is 0. The molecule has 0 fully saturated rings. The van der Waals surface area contributed by atoms with Crippen LogP contribution in [0.5, 0.6) is 0 Å². The van der Waals surface area contributed by atoms with E-state index in [2.05, 4.69) is 294 Å². The fourth-order valence-corrected chi connectivity index (χ4v) is 12.0. The van der Waals surface area contributed by atoms with Gasteiger partial charge in [-0.05, 0) is 253 Å². The number of hydrogen-bond donors (Lipinski definition) is 2. The molecule has 9 rings (SSSR count). The van der Waals surface area contributed by atoms with Crippen LogP contribution in [-0.2, 0) is 57.8 Å². The summed E-state index contributed by atoms with van der Waals surface area (Å²) < 4.78 is 1.20. The Morgan fingerprint density at radius 2 is 0.802 bits per heavy atom. The molecule has 0 saturated heterocycles. The minimum absolute atomic E-state index is 0.330. The molecule has 2 heterocycles. The number of hydrogen-bond acceptors (Lipinski definition) is 0. The summed E-state index contributed by atoms with van der Waals surface area (Å²) in [6.07, 6.45) is 13.1. The lowest BCUT2D eigenvalue weighted by Crippen LogP contribution is -2.09. The Balaban J connectivity index is 0.000000222.